The minimum absolute atomic E-state index is 0.00766. The summed E-state index contributed by atoms with van der Waals surface area (Å²) < 4.78 is 5.37. The molecule has 5 nitrogen and oxygen atoms in total. The number of carbonyl (C=O) groups excluding carboxylic acids is 3. The van der Waals surface area contributed by atoms with Crippen LogP contribution in [-0.2, 0) is 19.1 Å². The lowest BCUT2D eigenvalue weighted by Crippen LogP contribution is -2.65. The van der Waals surface area contributed by atoms with Crippen LogP contribution in [0.5, 0.6) is 0 Å². The molecule has 4 saturated carbocycles. The zero-order valence-electron chi connectivity index (χ0n) is 22.0. The average molecular weight is 470 g/mol. The standard InChI is InChI=1S/C29H43NO4/c1-18(31)20-10-14-29(25(33)34-6)16-15-27(4)22(24(20)29)8-9-23-26(3,12-7-17-30)21(19(2)32)11-13-28(23,27)5/h20-24H,7-16H2,1-6H3/t20-,21-,22+,23+,24+,26-,27+,28+,29-/m0/s1. The third-order valence-corrected chi connectivity index (χ3v) is 12.1. The Kier molecular flexibility index (Phi) is 6.31. The third kappa shape index (κ3) is 3.19. The molecule has 188 valence electrons. The summed E-state index contributed by atoms with van der Waals surface area (Å²) in [6.07, 6.45) is 8.39. The number of rotatable bonds is 5. The van der Waals surface area contributed by atoms with E-state index in [2.05, 4.69) is 26.8 Å². The van der Waals surface area contributed by atoms with Crippen molar-refractivity contribution in [2.45, 2.75) is 98.8 Å². The summed E-state index contributed by atoms with van der Waals surface area (Å²) >= 11 is 0. The molecule has 0 amide bonds. The fourth-order valence-corrected chi connectivity index (χ4v) is 10.3. The second-order valence-corrected chi connectivity index (χ2v) is 12.9. The molecule has 5 heteroatoms. The van der Waals surface area contributed by atoms with E-state index in [1.165, 1.54) is 7.11 Å². The number of fused-ring (bicyclic) bond motifs is 5. The van der Waals surface area contributed by atoms with E-state index < -0.39 is 5.41 Å². The van der Waals surface area contributed by atoms with Crippen molar-refractivity contribution in [3.8, 4) is 6.07 Å². The summed E-state index contributed by atoms with van der Waals surface area (Å²) in [4.78, 5) is 38.8. The van der Waals surface area contributed by atoms with Crippen LogP contribution in [0, 0.1) is 62.6 Å². The molecule has 0 aliphatic heterocycles. The fraction of sp³-hybridized carbons (Fsp3) is 0.862. The number of ether oxygens (including phenoxy) is 1. The van der Waals surface area contributed by atoms with Crippen LogP contribution in [0.4, 0.5) is 0 Å². The maximum Gasteiger partial charge on any atom is 0.312 e. The summed E-state index contributed by atoms with van der Waals surface area (Å²) in [5, 5.41) is 9.41. The lowest BCUT2D eigenvalue weighted by atomic mass is 9.34. The van der Waals surface area contributed by atoms with Gasteiger partial charge in [0, 0.05) is 18.3 Å². The normalized spacial score (nSPS) is 47.5. The number of carbonyl (C=O) groups is 3. The molecule has 0 saturated heterocycles. The lowest BCUT2D eigenvalue weighted by Gasteiger charge is -2.70. The minimum atomic E-state index is -0.529. The first-order chi connectivity index (χ1) is 15.9. The molecular weight excluding hydrogens is 426 g/mol. The zero-order valence-corrected chi connectivity index (χ0v) is 22.0. The van der Waals surface area contributed by atoms with Gasteiger partial charge in [0.05, 0.1) is 18.6 Å². The quantitative estimate of drug-likeness (QED) is 0.468. The van der Waals surface area contributed by atoms with Gasteiger partial charge >= 0.3 is 5.97 Å². The van der Waals surface area contributed by atoms with E-state index in [1.54, 1.807) is 13.8 Å². The van der Waals surface area contributed by atoms with E-state index in [0.29, 0.717) is 18.3 Å². The smallest absolute Gasteiger partial charge is 0.312 e. The monoisotopic (exact) mass is 469 g/mol. The summed E-state index contributed by atoms with van der Waals surface area (Å²) in [5.74, 6) is 1.00. The van der Waals surface area contributed by atoms with Gasteiger partial charge in [0.1, 0.15) is 11.6 Å². The molecule has 4 aliphatic carbocycles. The zero-order chi connectivity index (χ0) is 25.1. The second kappa shape index (κ2) is 8.45. The number of Topliss-reactive ketones (excluding diaryl/α,β-unsaturated/α-hetero) is 2. The molecule has 9 atom stereocenters. The molecule has 0 N–H and O–H groups in total. The number of hydrogen-bond donors (Lipinski definition) is 0. The number of methoxy groups -OCH3 is 1. The van der Waals surface area contributed by atoms with Crippen molar-refractivity contribution in [3.63, 3.8) is 0 Å². The van der Waals surface area contributed by atoms with Gasteiger partial charge in [-0.05, 0) is 106 Å². The molecule has 4 fully saturated rings. The van der Waals surface area contributed by atoms with E-state index in [9.17, 15) is 19.6 Å². The van der Waals surface area contributed by atoms with E-state index in [4.69, 9.17) is 4.74 Å². The Morgan fingerprint density at radius 1 is 0.912 bits per heavy atom. The molecule has 0 unspecified atom stereocenters. The first-order valence-corrected chi connectivity index (χ1v) is 13.4. The highest BCUT2D eigenvalue weighted by atomic mass is 16.5. The Bertz CT molecular complexity index is 922. The highest BCUT2D eigenvalue weighted by Gasteiger charge is 2.71. The van der Waals surface area contributed by atoms with Crippen molar-refractivity contribution in [3.05, 3.63) is 0 Å². The molecule has 4 rings (SSSR count). The average Bonchev–Trinajstić information content (AvgIpc) is 3.19. The summed E-state index contributed by atoms with van der Waals surface area (Å²) in [7, 11) is 1.49. The molecule has 0 heterocycles. The van der Waals surface area contributed by atoms with Crippen molar-refractivity contribution < 1.29 is 19.1 Å². The van der Waals surface area contributed by atoms with Crippen LogP contribution >= 0.6 is 0 Å². The molecule has 0 aromatic rings. The van der Waals surface area contributed by atoms with E-state index in [1.807, 2.05) is 0 Å². The summed E-state index contributed by atoms with van der Waals surface area (Å²) in [6, 6.07) is 2.35. The highest BCUT2D eigenvalue weighted by molar-refractivity contribution is 5.84. The van der Waals surface area contributed by atoms with Gasteiger partial charge in [0.25, 0.3) is 0 Å². The van der Waals surface area contributed by atoms with Gasteiger partial charge in [-0.15, -0.1) is 0 Å². The van der Waals surface area contributed by atoms with Gasteiger partial charge in [0.2, 0.25) is 0 Å². The van der Waals surface area contributed by atoms with Crippen molar-refractivity contribution in [1.29, 1.82) is 5.26 Å². The number of esters is 1. The minimum Gasteiger partial charge on any atom is -0.469 e. The van der Waals surface area contributed by atoms with Gasteiger partial charge in [-0.3, -0.25) is 14.4 Å². The lowest BCUT2D eigenvalue weighted by molar-refractivity contribution is -0.222. The molecule has 0 spiro atoms. The molecular formula is C29H43NO4. The molecule has 0 radical (unpaired) electrons. The largest absolute Gasteiger partial charge is 0.469 e. The predicted molar refractivity (Wildman–Crippen MR) is 129 cm³/mol. The maximum atomic E-state index is 13.2. The fourth-order valence-electron chi connectivity index (χ4n) is 10.3. The third-order valence-electron chi connectivity index (χ3n) is 12.1. The van der Waals surface area contributed by atoms with Crippen molar-refractivity contribution in [2.24, 2.45) is 51.2 Å². The van der Waals surface area contributed by atoms with E-state index in [-0.39, 0.29) is 51.5 Å². The van der Waals surface area contributed by atoms with Crippen LogP contribution in [0.1, 0.15) is 98.8 Å². The molecule has 0 aromatic heterocycles. The molecule has 4 aliphatic rings. The number of ketones is 2. The molecule has 34 heavy (non-hydrogen) atoms. The van der Waals surface area contributed by atoms with Gasteiger partial charge in [-0.25, -0.2) is 0 Å². The van der Waals surface area contributed by atoms with Gasteiger partial charge in [0.15, 0.2) is 0 Å². The number of nitrogens with zero attached hydrogens (tertiary/aromatic N) is 1. The molecule has 0 aromatic carbocycles. The van der Waals surface area contributed by atoms with Crippen molar-refractivity contribution in [1.82, 2.24) is 0 Å². The molecule has 0 bridgehead atoms. The SMILES string of the molecule is COC(=O)[C@]12CC[C@@H](C(C)=O)[C@@H]1[C@H]1CC[C@@H]3[C@@](C)(CCC#N)[C@H](C(C)=O)CC[C@@]3(C)[C@]1(C)CC2. The maximum absolute atomic E-state index is 13.2. The van der Waals surface area contributed by atoms with Crippen LogP contribution in [-0.4, -0.2) is 24.6 Å². The first kappa shape index (κ1) is 25.4. The Morgan fingerprint density at radius 3 is 2.21 bits per heavy atom. The number of hydrogen-bond acceptors (Lipinski definition) is 5. The Morgan fingerprint density at radius 2 is 1.62 bits per heavy atom. The topological polar surface area (TPSA) is 84.2 Å². The second-order valence-electron chi connectivity index (χ2n) is 12.9. The van der Waals surface area contributed by atoms with Gasteiger partial charge < -0.3 is 4.74 Å². The van der Waals surface area contributed by atoms with Crippen LogP contribution in [0.15, 0.2) is 0 Å². The highest BCUT2D eigenvalue weighted by Crippen LogP contribution is 2.75. The Labute approximate surface area is 205 Å². The predicted octanol–water partition coefficient (Wildman–Crippen LogP) is 5.90. The van der Waals surface area contributed by atoms with E-state index in [0.717, 1.165) is 57.8 Å². The van der Waals surface area contributed by atoms with Gasteiger partial charge in [-0.1, -0.05) is 20.8 Å². The van der Waals surface area contributed by atoms with Crippen LogP contribution in [0.2, 0.25) is 0 Å². The van der Waals surface area contributed by atoms with Crippen LogP contribution in [0.25, 0.3) is 0 Å². The summed E-state index contributed by atoms with van der Waals surface area (Å²) in [6.45, 7) is 10.6. The van der Waals surface area contributed by atoms with E-state index >= 15 is 0 Å². The van der Waals surface area contributed by atoms with Crippen molar-refractivity contribution >= 4 is 17.5 Å². The van der Waals surface area contributed by atoms with Crippen LogP contribution in [0.3, 0.4) is 0 Å². The summed E-state index contributed by atoms with van der Waals surface area (Å²) in [5.41, 5.74) is -0.710. The Balaban J connectivity index is 1.79. The van der Waals surface area contributed by atoms with Gasteiger partial charge in [-0.2, -0.15) is 5.26 Å². The Hall–Kier alpha value is -1.70. The van der Waals surface area contributed by atoms with Crippen molar-refractivity contribution in [2.75, 3.05) is 7.11 Å². The first-order valence-electron chi connectivity index (χ1n) is 13.4. The van der Waals surface area contributed by atoms with Crippen LogP contribution < -0.4 is 0 Å². The number of nitriles is 1.